The summed E-state index contributed by atoms with van der Waals surface area (Å²) in [6.45, 7) is 5.06. The van der Waals surface area contributed by atoms with Crippen LogP contribution >= 0.6 is 0 Å². The van der Waals surface area contributed by atoms with E-state index in [4.69, 9.17) is 10.5 Å². The number of fused-ring (bicyclic) bond motifs is 3. The van der Waals surface area contributed by atoms with E-state index in [1.807, 2.05) is 18.2 Å². The number of hydrogen-bond acceptors (Lipinski definition) is 5. The number of aromatic amines is 1. The molecule has 5 N–H and O–H groups in total. The van der Waals surface area contributed by atoms with Gasteiger partial charge in [-0.05, 0) is 67.7 Å². The van der Waals surface area contributed by atoms with Gasteiger partial charge in [0.25, 0.3) is 0 Å². The van der Waals surface area contributed by atoms with Crippen LogP contribution in [-0.2, 0) is 20.7 Å². The van der Waals surface area contributed by atoms with E-state index in [-0.39, 0.29) is 17.9 Å². The van der Waals surface area contributed by atoms with Crippen LogP contribution in [0.3, 0.4) is 0 Å². The van der Waals surface area contributed by atoms with Crippen molar-refractivity contribution in [2.45, 2.75) is 70.0 Å². The van der Waals surface area contributed by atoms with E-state index < -0.39 is 18.1 Å². The Balaban J connectivity index is 1.57. The predicted molar refractivity (Wildman–Crippen MR) is 147 cm³/mol. The standard InChI is InChI=1S/C30H40N4O3/c1-19(21-11-5-4-6-12-21)17-20(2)27-28-23(22-13-7-8-14-24(22)32-28)18-26(33-27)29(35)34-25(30(36)37-3)15-9-10-16-31/h4-8,11-14,19-20,25-27,32-33H,9-10,15-18,31H2,1-3H3,(H,34,35). The van der Waals surface area contributed by atoms with Gasteiger partial charge in [-0.1, -0.05) is 62.4 Å². The summed E-state index contributed by atoms with van der Waals surface area (Å²) in [6.07, 6.45) is 3.57. The molecule has 1 aliphatic rings. The highest BCUT2D eigenvalue weighted by Crippen LogP contribution is 2.38. The number of rotatable bonds is 11. The van der Waals surface area contributed by atoms with Crippen molar-refractivity contribution in [2.75, 3.05) is 13.7 Å². The van der Waals surface area contributed by atoms with Gasteiger partial charge in [-0.25, -0.2) is 4.79 Å². The fourth-order valence-corrected chi connectivity index (χ4v) is 5.65. The van der Waals surface area contributed by atoms with Crippen LogP contribution in [0.25, 0.3) is 10.9 Å². The first-order chi connectivity index (χ1) is 17.9. The molecule has 0 aliphatic carbocycles. The molecule has 1 aliphatic heterocycles. The van der Waals surface area contributed by atoms with Gasteiger partial charge in [0.1, 0.15) is 6.04 Å². The second-order valence-corrected chi connectivity index (χ2v) is 10.4. The summed E-state index contributed by atoms with van der Waals surface area (Å²) in [5.74, 6) is 0.0489. The molecule has 37 heavy (non-hydrogen) atoms. The van der Waals surface area contributed by atoms with E-state index in [0.29, 0.717) is 25.3 Å². The molecule has 3 aromatic rings. The second kappa shape index (κ2) is 12.4. The third-order valence-corrected chi connectivity index (χ3v) is 7.68. The molecule has 0 spiro atoms. The van der Waals surface area contributed by atoms with Crippen LogP contribution < -0.4 is 16.4 Å². The Morgan fingerprint density at radius 1 is 1.08 bits per heavy atom. The van der Waals surface area contributed by atoms with Crippen LogP contribution in [0, 0.1) is 5.92 Å². The fraction of sp³-hybridized carbons (Fsp3) is 0.467. The number of esters is 1. The van der Waals surface area contributed by atoms with Crippen molar-refractivity contribution in [1.29, 1.82) is 0 Å². The molecule has 198 valence electrons. The molecule has 0 bridgehead atoms. The van der Waals surface area contributed by atoms with E-state index in [0.717, 1.165) is 35.9 Å². The first kappa shape index (κ1) is 26.9. The van der Waals surface area contributed by atoms with Gasteiger partial charge in [0.05, 0.1) is 19.2 Å². The van der Waals surface area contributed by atoms with E-state index in [1.54, 1.807) is 0 Å². The van der Waals surface area contributed by atoms with Gasteiger partial charge in [0, 0.05) is 16.6 Å². The molecule has 7 nitrogen and oxygen atoms in total. The van der Waals surface area contributed by atoms with Gasteiger partial charge in [-0.15, -0.1) is 0 Å². The molecule has 1 aromatic heterocycles. The highest BCUT2D eigenvalue weighted by molar-refractivity contribution is 5.90. The zero-order chi connectivity index (χ0) is 26.4. The molecule has 7 heteroatoms. The highest BCUT2D eigenvalue weighted by atomic mass is 16.5. The van der Waals surface area contributed by atoms with E-state index in [9.17, 15) is 9.59 Å². The lowest BCUT2D eigenvalue weighted by molar-refractivity contribution is -0.145. The zero-order valence-corrected chi connectivity index (χ0v) is 22.1. The monoisotopic (exact) mass is 504 g/mol. The third kappa shape index (κ3) is 6.22. The van der Waals surface area contributed by atoms with Gasteiger partial charge in [0.15, 0.2) is 0 Å². The van der Waals surface area contributed by atoms with Crippen LogP contribution in [0.4, 0.5) is 0 Å². The summed E-state index contributed by atoms with van der Waals surface area (Å²) < 4.78 is 4.97. The molecule has 5 unspecified atom stereocenters. The van der Waals surface area contributed by atoms with E-state index in [1.165, 1.54) is 18.2 Å². The van der Waals surface area contributed by atoms with Crippen LogP contribution in [0.15, 0.2) is 54.6 Å². The van der Waals surface area contributed by atoms with Crippen molar-refractivity contribution in [1.82, 2.24) is 15.6 Å². The number of para-hydroxylation sites is 1. The lowest BCUT2D eigenvalue weighted by Gasteiger charge is -2.35. The van der Waals surface area contributed by atoms with Gasteiger partial charge < -0.3 is 20.8 Å². The molecule has 0 radical (unpaired) electrons. The molecule has 2 heterocycles. The summed E-state index contributed by atoms with van der Waals surface area (Å²) >= 11 is 0. The number of ether oxygens (including phenoxy) is 1. The van der Waals surface area contributed by atoms with Gasteiger partial charge in [0.2, 0.25) is 5.91 Å². The Labute approximate surface area is 219 Å². The number of nitrogens with one attached hydrogen (secondary N) is 3. The Kier molecular flexibility index (Phi) is 9.00. The van der Waals surface area contributed by atoms with Crippen molar-refractivity contribution < 1.29 is 14.3 Å². The third-order valence-electron chi connectivity index (χ3n) is 7.68. The fourth-order valence-electron chi connectivity index (χ4n) is 5.65. The largest absolute Gasteiger partial charge is 0.467 e. The SMILES string of the molecule is COC(=O)C(CCCCN)NC(=O)C1Cc2c([nH]c3ccccc23)C(C(C)CC(C)c2ccccc2)N1. The molecular weight excluding hydrogens is 464 g/mol. The molecule has 0 saturated heterocycles. The number of amides is 1. The summed E-state index contributed by atoms with van der Waals surface area (Å²) in [7, 11) is 1.35. The Hall–Kier alpha value is -3.16. The number of nitrogens with two attached hydrogens (primary N) is 1. The van der Waals surface area contributed by atoms with Gasteiger partial charge in [-0.3, -0.25) is 10.1 Å². The van der Waals surface area contributed by atoms with E-state index >= 15 is 0 Å². The van der Waals surface area contributed by atoms with Crippen molar-refractivity contribution in [3.63, 3.8) is 0 Å². The lowest BCUT2D eigenvalue weighted by atomic mass is 9.82. The minimum Gasteiger partial charge on any atom is -0.467 e. The maximum atomic E-state index is 13.5. The van der Waals surface area contributed by atoms with Gasteiger partial charge in [-0.2, -0.15) is 0 Å². The topological polar surface area (TPSA) is 109 Å². The lowest BCUT2D eigenvalue weighted by Crippen LogP contribution is -2.54. The van der Waals surface area contributed by atoms with Crippen LogP contribution in [0.1, 0.15) is 68.3 Å². The minimum atomic E-state index is -0.677. The number of carbonyl (C=O) groups is 2. The summed E-state index contributed by atoms with van der Waals surface area (Å²) in [4.78, 5) is 29.6. The highest BCUT2D eigenvalue weighted by Gasteiger charge is 2.37. The number of H-pyrrole nitrogens is 1. The number of methoxy groups -OCH3 is 1. The van der Waals surface area contributed by atoms with Crippen molar-refractivity contribution in [3.8, 4) is 0 Å². The summed E-state index contributed by atoms with van der Waals surface area (Å²) in [6, 6.07) is 17.7. The maximum Gasteiger partial charge on any atom is 0.328 e. The summed E-state index contributed by atoms with van der Waals surface area (Å²) in [5.41, 5.74) is 10.4. The molecule has 5 atom stereocenters. The number of benzene rings is 2. The van der Waals surface area contributed by atoms with E-state index in [2.05, 4.69) is 65.9 Å². The number of unbranched alkanes of at least 4 members (excludes halogenated alkanes) is 1. The van der Waals surface area contributed by atoms with Crippen molar-refractivity contribution in [3.05, 3.63) is 71.4 Å². The Morgan fingerprint density at radius 3 is 2.54 bits per heavy atom. The number of carbonyl (C=O) groups excluding carboxylic acids is 2. The van der Waals surface area contributed by atoms with Crippen molar-refractivity contribution in [2.24, 2.45) is 11.7 Å². The molecule has 0 saturated carbocycles. The van der Waals surface area contributed by atoms with Crippen molar-refractivity contribution >= 4 is 22.8 Å². The number of aromatic nitrogens is 1. The Morgan fingerprint density at radius 2 is 1.81 bits per heavy atom. The smallest absolute Gasteiger partial charge is 0.328 e. The summed E-state index contributed by atoms with van der Waals surface area (Å²) in [5, 5.41) is 7.76. The maximum absolute atomic E-state index is 13.5. The number of hydrogen-bond donors (Lipinski definition) is 4. The molecule has 0 fully saturated rings. The minimum absolute atomic E-state index is 0.0214. The predicted octanol–water partition coefficient (Wildman–Crippen LogP) is 4.34. The van der Waals surface area contributed by atoms with Gasteiger partial charge >= 0.3 is 5.97 Å². The normalized spacial score (nSPS) is 19.6. The Bertz CT molecular complexity index is 1190. The first-order valence-corrected chi connectivity index (χ1v) is 13.4. The van der Waals surface area contributed by atoms with Crippen LogP contribution in [0.2, 0.25) is 0 Å². The van der Waals surface area contributed by atoms with Crippen LogP contribution in [-0.4, -0.2) is 42.6 Å². The average molecular weight is 505 g/mol. The second-order valence-electron chi connectivity index (χ2n) is 10.4. The molecule has 2 aromatic carbocycles. The molecular formula is C30H40N4O3. The molecule has 4 rings (SSSR count). The quantitative estimate of drug-likeness (QED) is 0.229. The average Bonchev–Trinajstić information content (AvgIpc) is 3.30. The van der Waals surface area contributed by atoms with Crippen LogP contribution in [0.5, 0.6) is 0 Å². The molecule has 1 amide bonds. The first-order valence-electron chi connectivity index (χ1n) is 13.4. The zero-order valence-electron chi connectivity index (χ0n) is 22.1.